The van der Waals surface area contributed by atoms with Crippen molar-refractivity contribution in [3.05, 3.63) is 59.8 Å². The number of carbonyl (C=O) groups is 2. The van der Waals surface area contributed by atoms with Crippen molar-refractivity contribution in [2.45, 2.75) is 90.0 Å². The highest BCUT2D eigenvalue weighted by molar-refractivity contribution is 5.88. The Morgan fingerprint density at radius 1 is 1.00 bits per heavy atom. The van der Waals surface area contributed by atoms with Crippen molar-refractivity contribution in [2.75, 3.05) is 11.4 Å². The van der Waals surface area contributed by atoms with Crippen molar-refractivity contribution in [3.8, 4) is 0 Å². The van der Waals surface area contributed by atoms with E-state index in [0.29, 0.717) is 12.4 Å². The average molecular weight is 480 g/mol. The van der Waals surface area contributed by atoms with Gasteiger partial charge in [0.25, 0.3) is 0 Å². The lowest BCUT2D eigenvalue weighted by Crippen LogP contribution is -2.45. The summed E-state index contributed by atoms with van der Waals surface area (Å²) in [6, 6.07) is 13.4. The van der Waals surface area contributed by atoms with Crippen LogP contribution < -0.4 is 4.90 Å². The van der Waals surface area contributed by atoms with Crippen LogP contribution in [0.5, 0.6) is 0 Å². The van der Waals surface area contributed by atoms with Crippen LogP contribution >= 0.6 is 0 Å². The molecule has 1 aliphatic carbocycles. The summed E-state index contributed by atoms with van der Waals surface area (Å²) in [5.74, 6) is 0.599. The molecule has 1 saturated heterocycles. The smallest absolute Gasteiger partial charge is 0.416 e. The fourth-order valence-corrected chi connectivity index (χ4v) is 5.03. The largest absolute Gasteiger partial charge is 0.445 e. The van der Waals surface area contributed by atoms with Crippen LogP contribution in [0.25, 0.3) is 0 Å². The Bertz CT molecular complexity index is 999. The molecule has 1 aromatic carbocycles. The molecular weight excluding hydrogens is 442 g/mol. The molecule has 0 radical (unpaired) electrons. The van der Waals surface area contributed by atoms with Gasteiger partial charge in [0.2, 0.25) is 0 Å². The third-order valence-corrected chi connectivity index (χ3v) is 6.63. The van der Waals surface area contributed by atoms with Crippen LogP contribution in [0.2, 0.25) is 0 Å². The third-order valence-electron chi connectivity index (χ3n) is 6.63. The lowest BCUT2D eigenvalue weighted by Gasteiger charge is -2.38. The van der Waals surface area contributed by atoms with E-state index in [9.17, 15) is 9.59 Å². The lowest BCUT2D eigenvalue weighted by atomic mass is 9.95. The SMILES string of the molecule is CC(C)(C)OC(=O)N(c1ncccc1C1CCCCN1C(=O)OCc1ccccc1)C1CCCC1. The monoisotopic (exact) mass is 479 g/mol. The predicted molar refractivity (Wildman–Crippen MR) is 135 cm³/mol. The number of carbonyl (C=O) groups excluding carboxylic acids is 2. The molecule has 1 aromatic heterocycles. The first kappa shape index (κ1) is 25.0. The van der Waals surface area contributed by atoms with Crippen molar-refractivity contribution in [2.24, 2.45) is 0 Å². The number of rotatable bonds is 5. The first-order valence-corrected chi connectivity index (χ1v) is 12.8. The molecule has 7 heteroatoms. The molecule has 35 heavy (non-hydrogen) atoms. The van der Waals surface area contributed by atoms with E-state index in [1.807, 2.05) is 63.2 Å². The Morgan fingerprint density at radius 2 is 1.71 bits per heavy atom. The Morgan fingerprint density at radius 3 is 2.43 bits per heavy atom. The topological polar surface area (TPSA) is 72.0 Å². The van der Waals surface area contributed by atoms with E-state index in [1.165, 1.54) is 0 Å². The van der Waals surface area contributed by atoms with Crippen molar-refractivity contribution in [3.63, 3.8) is 0 Å². The number of hydrogen-bond acceptors (Lipinski definition) is 5. The molecule has 2 fully saturated rings. The number of pyridine rings is 1. The summed E-state index contributed by atoms with van der Waals surface area (Å²) in [5.41, 5.74) is 1.22. The molecule has 1 unspecified atom stereocenters. The van der Waals surface area contributed by atoms with E-state index in [2.05, 4.69) is 4.98 Å². The molecule has 0 bridgehead atoms. The Kier molecular flexibility index (Phi) is 7.93. The Balaban J connectivity index is 1.61. The molecule has 188 valence electrons. The molecule has 1 atom stereocenters. The summed E-state index contributed by atoms with van der Waals surface area (Å²) in [5, 5.41) is 0. The van der Waals surface area contributed by atoms with Crippen molar-refractivity contribution in [1.82, 2.24) is 9.88 Å². The molecule has 2 aliphatic rings. The number of nitrogens with zero attached hydrogens (tertiary/aromatic N) is 3. The molecule has 2 amide bonds. The van der Waals surface area contributed by atoms with E-state index in [1.54, 1.807) is 16.0 Å². The van der Waals surface area contributed by atoms with Gasteiger partial charge in [-0.15, -0.1) is 0 Å². The van der Waals surface area contributed by atoms with Gasteiger partial charge in [-0.3, -0.25) is 4.90 Å². The van der Waals surface area contributed by atoms with Gasteiger partial charge in [-0.05, 0) is 64.5 Å². The van der Waals surface area contributed by atoms with E-state index in [-0.39, 0.29) is 30.9 Å². The minimum atomic E-state index is -0.610. The summed E-state index contributed by atoms with van der Waals surface area (Å²) >= 11 is 0. The highest BCUT2D eigenvalue weighted by Crippen LogP contribution is 2.38. The summed E-state index contributed by atoms with van der Waals surface area (Å²) in [6.45, 7) is 6.48. The van der Waals surface area contributed by atoms with Crippen molar-refractivity contribution in [1.29, 1.82) is 0 Å². The number of aromatic nitrogens is 1. The quantitative estimate of drug-likeness (QED) is 0.481. The van der Waals surface area contributed by atoms with Gasteiger partial charge in [-0.1, -0.05) is 49.2 Å². The average Bonchev–Trinajstić information content (AvgIpc) is 3.37. The number of amides is 2. The number of anilines is 1. The zero-order valence-corrected chi connectivity index (χ0v) is 21.1. The minimum absolute atomic E-state index is 0.0422. The fourth-order valence-electron chi connectivity index (χ4n) is 5.03. The van der Waals surface area contributed by atoms with E-state index in [4.69, 9.17) is 9.47 Å². The van der Waals surface area contributed by atoms with E-state index >= 15 is 0 Å². The van der Waals surface area contributed by atoms with Gasteiger partial charge in [-0.25, -0.2) is 14.6 Å². The number of benzene rings is 1. The molecular formula is C28H37N3O4. The van der Waals surface area contributed by atoms with Gasteiger partial charge in [0.15, 0.2) is 0 Å². The highest BCUT2D eigenvalue weighted by Gasteiger charge is 2.37. The van der Waals surface area contributed by atoms with Crippen LogP contribution in [-0.4, -0.2) is 40.3 Å². The first-order valence-electron chi connectivity index (χ1n) is 12.8. The summed E-state index contributed by atoms with van der Waals surface area (Å²) in [6.07, 6.45) is 7.71. The third kappa shape index (κ3) is 6.32. The molecule has 1 aliphatic heterocycles. The van der Waals surface area contributed by atoms with Crippen LogP contribution in [0.3, 0.4) is 0 Å². The maximum Gasteiger partial charge on any atom is 0.416 e. The second kappa shape index (κ2) is 11.1. The van der Waals surface area contributed by atoms with Crippen LogP contribution in [0.15, 0.2) is 48.7 Å². The highest BCUT2D eigenvalue weighted by atomic mass is 16.6. The summed E-state index contributed by atoms with van der Waals surface area (Å²) in [4.78, 5) is 34.8. The van der Waals surface area contributed by atoms with Crippen LogP contribution in [0.4, 0.5) is 15.4 Å². The van der Waals surface area contributed by atoms with Crippen LogP contribution in [0.1, 0.15) is 82.9 Å². The standard InChI is InChI=1S/C28H37N3O4/c1-28(2,3)35-27(33)31(22-14-7-8-15-22)25-23(16-11-18-29-25)24-17-9-10-19-30(24)26(32)34-20-21-12-5-4-6-13-21/h4-6,11-13,16,18,22,24H,7-10,14-15,17,19-20H2,1-3H3. The second-order valence-electron chi connectivity index (χ2n) is 10.5. The first-order chi connectivity index (χ1) is 16.8. The molecule has 7 nitrogen and oxygen atoms in total. The number of likely N-dealkylation sites (tertiary alicyclic amines) is 1. The summed E-state index contributed by atoms with van der Waals surface area (Å²) < 4.78 is 11.5. The number of ether oxygens (including phenoxy) is 2. The lowest BCUT2D eigenvalue weighted by molar-refractivity contribution is 0.0562. The van der Waals surface area contributed by atoms with E-state index < -0.39 is 5.60 Å². The molecule has 4 rings (SSSR count). The van der Waals surface area contributed by atoms with Crippen LogP contribution in [0, 0.1) is 0 Å². The van der Waals surface area contributed by atoms with Gasteiger partial charge in [0, 0.05) is 24.3 Å². The summed E-state index contributed by atoms with van der Waals surface area (Å²) in [7, 11) is 0. The minimum Gasteiger partial charge on any atom is -0.445 e. The molecule has 0 N–H and O–H groups in total. The molecule has 0 spiro atoms. The van der Waals surface area contributed by atoms with Gasteiger partial charge < -0.3 is 14.4 Å². The van der Waals surface area contributed by atoms with Crippen molar-refractivity contribution < 1.29 is 19.1 Å². The van der Waals surface area contributed by atoms with Gasteiger partial charge in [-0.2, -0.15) is 0 Å². The maximum absolute atomic E-state index is 13.4. The molecule has 2 heterocycles. The Labute approximate surface area is 208 Å². The molecule has 1 saturated carbocycles. The number of piperidine rings is 1. The zero-order valence-electron chi connectivity index (χ0n) is 21.1. The van der Waals surface area contributed by atoms with Crippen LogP contribution in [-0.2, 0) is 16.1 Å². The van der Waals surface area contributed by atoms with Gasteiger partial charge >= 0.3 is 12.2 Å². The number of hydrogen-bond donors (Lipinski definition) is 0. The zero-order chi connectivity index (χ0) is 24.8. The molecule has 2 aromatic rings. The van der Waals surface area contributed by atoms with Crippen molar-refractivity contribution >= 4 is 18.0 Å². The maximum atomic E-state index is 13.4. The normalized spacial score (nSPS) is 18.8. The van der Waals surface area contributed by atoms with Gasteiger partial charge in [0.05, 0.1) is 6.04 Å². The Hall–Kier alpha value is -3.09. The van der Waals surface area contributed by atoms with E-state index in [0.717, 1.165) is 56.1 Å². The van der Waals surface area contributed by atoms with Gasteiger partial charge in [0.1, 0.15) is 18.0 Å². The predicted octanol–water partition coefficient (Wildman–Crippen LogP) is 6.63. The fraction of sp³-hybridized carbons (Fsp3) is 0.536. The second-order valence-corrected chi connectivity index (χ2v) is 10.5.